The summed E-state index contributed by atoms with van der Waals surface area (Å²) >= 11 is 0. The number of carbonyl (C=O) groups excluding carboxylic acids is 2. The van der Waals surface area contributed by atoms with Crippen molar-refractivity contribution in [3.05, 3.63) is 53.6 Å². The van der Waals surface area contributed by atoms with E-state index in [0.717, 1.165) is 5.56 Å². The smallest absolute Gasteiger partial charge is 0.259 e. The van der Waals surface area contributed by atoms with Crippen molar-refractivity contribution in [3.8, 4) is 17.2 Å². The van der Waals surface area contributed by atoms with Crippen molar-refractivity contribution in [1.29, 1.82) is 0 Å². The van der Waals surface area contributed by atoms with Gasteiger partial charge in [0.2, 0.25) is 0 Å². The van der Waals surface area contributed by atoms with Gasteiger partial charge in [0.15, 0.2) is 11.5 Å². The van der Waals surface area contributed by atoms with Gasteiger partial charge in [0, 0.05) is 11.1 Å². The van der Waals surface area contributed by atoms with E-state index < -0.39 is 11.8 Å². The minimum absolute atomic E-state index is 0.0194. The zero-order valence-corrected chi connectivity index (χ0v) is 16.9. The molecule has 0 saturated heterocycles. The fourth-order valence-corrected chi connectivity index (χ4v) is 2.40. The fourth-order valence-electron chi connectivity index (χ4n) is 2.40. The summed E-state index contributed by atoms with van der Waals surface area (Å²) < 4.78 is 16.0. The minimum Gasteiger partial charge on any atom is -0.493 e. The molecule has 8 nitrogen and oxygen atoms in total. The second-order valence-electron chi connectivity index (χ2n) is 6.25. The summed E-state index contributed by atoms with van der Waals surface area (Å²) in [6.45, 7) is 3.63. The normalized spacial score (nSPS) is 10.7. The molecule has 0 aliphatic heterocycles. The number of benzene rings is 2. The highest BCUT2D eigenvalue weighted by atomic mass is 16.5. The maximum atomic E-state index is 12.2. The number of methoxy groups -OCH3 is 2. The quantitative estimate of drug-likeness (QED) is 0.498. The lowest BCUT2D eigenvalue weighted by Gasteiger charge is -2.11. The van der Waals surface area contributed by atoms with Crippen LogP contribution in [0.3, 0.4) is 0 Å². The lowest BCUT2D eigenvalue weighted by molar-refractivity contribution is -0.120. The molecule has 0 spiro atoms. The molecule has 2 aromatic carbocycles. The first-order chi connectivity index (χ1) is 13.9. The lowest BCUT2D eigenvalue weighted by atomic mass is 10.2. The van der Waals surface area contributed by atoms with Gasteiger partial charge in [-0.3, -0.25) is 9.59 Å². The summed E-state index contributed by atoms with van der Waals surface area (Å²) in [7, 11) is 2.99. The van der Waals surface area contributed by atoms with Gasteiger partial charge >= 0.3 is 0 Å². The molecule has 0 fully saturated rings. The predicted octanol–water partition coefficient (Wildman–Crippen LogP) is 2.37. The zero-order valence-electron chi connectivity index (χ0n) is 16.9. The largest absolute Gasteiger partial charge is 0.493 e. The first-order valence-corrected chi connectivity index (χ1v) is 9.02. The van der Waals surface area contributed by atoms with Crippen molar-refractivity contribution in [2.75, 3.05) is 20.8 Å². The molecule has 0 bridgehead atoms. The van der Waals surface area contributed by atoms with E-state index in [9.17, 15) is 9.59 Å². The van der Waals surface area contributed by atoms with Crippen LogP contribution < -0.4 is 25.0 Å². The fraction of sp³-hybridized carbons (Fsp3) is 0.286. The van der Waals surface area contributed by atoms with Crippen molar-refractivity contribution in [2.24, 2.45) is 5.10 Å². The molecule has 2 N–H and O–H groups in total. The molecule has 154 valence electrons. The third-order valence-corrected chi connectivity index (χ3v) is 3.73. The number of para-hydroxylation sites is 1. The molecule has 0 atom stereocenters. The van der Waals surface area contributed by atoms with E-state index in [1.807, 2.05) is 38.1 Å². The van der Waals surface area contributed by atoms with E-state index in [1.54, 1.807) is 12.1 Å². The molecule has 0 aromatic heterocycles. The number of carbonyl (C=O) groups is 2. The summed E-state index contributed by atoms with van der Waals surface area (Å²) in [6, 6.07) is 12.1. The van der Waals surface area contributed by atoms with Gasteiger partial charge < -0.3 is 19.5 Å². The number of hydrogen-bond donors (Lipinski definition) is 2. The van der Waals surface area contributed by atoms with Gasteiger partial charge in [-0.05, 0) is 44.2 Å². The molecule has 2 aromatic rings. The van der Waals surface area contributed by atoms with Crippen LogP contribution in [0.5, 0.6) is 17.2 Å². The number of rotatable bonds is 9. The Balaban J connectivity index is 1.89. The number of hydrogen-bond acceptors (Lipinski definition) is 6. The SMILES string of the molecule is COc1ccc(C(=O)NCC(=O)N/N=C\c2ccccc2OC(C)C)cc1OC. The average molecular weight is 399 g/mol. The molecule has 0 aliphatic carbocycles. The van der Waals surface area contributed by atoms with Crippen LogP contribution >= 0.6 is 0 Å². The van der Waals surface area contributed by atoms with Crippen LogP contribution in [0.15, 0.2) is 47.6 Å². The molecular weight excluding hydrogens is 374 g/mol. The first kappa shape index (κ1) is 21.7. The highest BCUT2D eigenvalue weighted by molar-refractivity contribution is 5.97. The predicted molar refractivity (Wildman–Crippen MR) is 110 cm³/mol. The van der Waals surface area contributed by atoms with Crippen LogP contribution in [0.1, 0.15) is 29.8 Å². The van der Waals surface area contributed by atoms with Gasteiger partial charge in [0.25, 0.3) is 11.8 Å². The molecule has 0 aliphatic rings. The van der Waals surface area contributed by atoms with Crippen molar-refractivity contribution in [2.45, 2.75) is 20.0 Å². The minimum atomic E-state index is -0.461. The van der Waals surface area contributed by atoms with Crippen LogP contribution in [0.2, 0.25) is 0 Å². The molecule has 8 heteroatoms. The number of amides is 2. The number of nitrogens with zero attached hydrogens (tertiary/aromatic N) is 1. The second kappa shape index (κ2) is 10.7. The molecule has 0 saturated carbocycles. The summed E-state index contributed by atoms with van der Waals surface area (Å²) in [5, 5.41) is 6.45. The van der Waals surface area contributed by atoms with Crippen molar-refractivity contribution in [1.82, 2.24) is 10.7 Å². The number of ether oxygens (including phenoxy) is 3. The van der Waals surface area contributed by atoms with Gasteiger partial charge in [-0.15, -0.1) is 0 Å². The zero-order chi connectivity index (χ0) is 21.2. The third kappa shape index (κ3) is 6.53. The molecule has 29 heavy (non-hydrogen) atoms. The molecular formula is C21H25N3O5. The van der Waals surface area contributed by atoms with Gasteiger partial charge in [-0.1, -0.05) is 12.1 Å². The van der Waals surface area contributed by atoms with E-state index in [4.69, 9.17) is 14.2 Å². The van der Waals surface area contributed by atoms with E-state index in [0.29, 0.717) is 22.8 Å². The topological polar surface area (TPSA) is 98.2 Å². The number of hydrazone groups is 1. The summed E-state index contributed by atoms with van der Waals surface area (Å²) in [6.07, 6.45) is 1.51. The maximum absolute atomic E-state index is 12.2. The summed E-state index contributed by atoms with van der Waals surface area (Å²) in [5.74, 6) is 0.731. The van der Waals surface area contributed by atoms with Crippen LogP contribution in [0.25, 0.3) is 0 Å². The monoisotopic (exact) mass is 399 g/mol. The van der Waals surface area contributed by atoms with Gasteiger partial charge in [-0.2, -0.15) is 5.10 Å². The van der Waals surface area contributed by atoms with Crippen molar-refractivity contribution in [3.63, 3.8) is 0 Å². The molecule has 0 unspecified atom stereocenters. The van der Waals surface area contributed by atoms with Gasteiger partial charge in [-0.25, -0.2) is 5.43 Å². The lowest BCUT2D eigenvalue weighted by Crippen LogP contribution is -2.34. The number of nitrogens with one attached hydrogen (secondary N) is 2. The Bertz CT molecular complexity index is 880. The molecule has 2 amide bonds. The Kier molecular flexibility index (Phi) is 8.02. The van der Waals surface area contributed by atoms with E-state index >= 15 is 0 Å². The third-order valence-electron chi connectivity index (χ3n) is 3.73. The maximum Gasteiger partial charge on any atom is 0.259 e. The summed E-state index contributed by atoms with van der Waals surface area (Å²) in [4.78, 5) is 24.2. The van der Waals surface area contributed by atoms with Gasteiger partial charge in [0.05, 0.1) is 33.1 Å². The van der Waals surface area contributed by atoms with E-state index in [-0.39, 0.29) is 12.6 Å². The molecule has 2 rings (SSSR count). The van der Waals surface area contributed by atoms with Crippen LogP contribution in [0, 0.1) is 0 Å². The Morgan fingerprint density at radius 1 is 1.03 bits per heavy atom. The average Bonchev–Trinajstić information content (AvgIpc) is 2.72. The Morgan fingerprint density at radius 3 is 2.45 bits per heavy atom. The Morgan fingerprint density at radius 2 is 1.76 bits per heavy atom. The first-order valence-electron chi connectivity index (χ1n) is 9.02. The highest BCUT2D eigenvalue weighted by Crippen LogP contribution is 2.27. The van der Waals surface area contributed by atoms with E-state index in [1.165, 1.54) is 26.5 Å². The summed E-state index contributed by atoms with van der Waals surface area (Å²) in [5.41, 5.74) is 3.45. The van der Waals surface area contributed by atoms with Crippen LogP contribution in [0.4, 0.5) is 0 Å². The van der Waals surface area contributed by atoms with Gasteiger partial charge in [0.1, 0.15) is 5.75 Å². The standard InChI is InChI=1S/C21H25N3O5/c1-14(2)29-17-8-6-5-7-16(17)12-23-24-20(25)13-22-21(26)15-9-10-18(27-3)19(11-15)28-4/h5-12,14H,13H2,1-4H3,(H,22,26)(H,24,25)/b23-12-. The van der Waals surface area contributed by atoms with E-state index in [2.05, 4.69) is 15.8 Å². The Hall–Kier alpha value is -3.55. The molecule has 0 radical (unpaired) electrons. The van der Waals surface area contributed by atoms with Crippen molar-refractivity contribution >= 4 is 18.0 Å². The molecule has 0 heterocycles. The van der Waals surface area contributed by atoms with Crippen LogP contribution in [-0.4, -0.2) is 44.9 Å². The highest BCUT2D eigenvalue weighted by Gasteiger charge is 2.11. The van der Waals surface area contributed by atoms with Crippen LogP contribution in [-0.2, 0) is 4.79 Å². The second-order valence-corrected chi connectivity index (χ2v) is 6.25. The Labute approximate surface area is 169 Å². The van der Waals surface area contributed by atoms with Crippen molar-refractivity contribution < 1.29 is 23.8 Å².